The number of halogens is 1. The molecule has 0 saturated carbocycles. The van der Waals surface area contributed by atoms with E-state index in [2.05, 4.69) is 21.2 Å². The van der Waals surface area contributed by atoms with Crippen molar-refractivity contribution in [2.75, 3.05) is 18.4 Å². The van der Waals surface area contributed by atoms with Crippen molar-refractivity contribution < 1.29 is 9.59 Å². The summed E-state index contributed by atoms with van der Waals surface area (Å²) in [4.78, 5) is 25.2. The fraction of sp³-hybridized carbons (Fsp3) is 0.385. The third-order valence-electron chi connectivity index (χ3n) is 2.88. The summed E-state index contributed by atoms with van der Waals surface area (Å²) in [7, 11) is 0. The van der Waals surface area contributed by atoms with Gasteiger partial charge in [-0.1, -0.05) is 22.0 Å². The van der Waals surface area contributed by atoms with Crippen molar-refractivity contribution in [1.29, 1.82) is 0 Å². The van der Waals surface area contributed by atoms with Crippen molar-refractivity contribution in [2.24, 2.45) is 0 Å². The van der Waals surface area contributed by atoms with Gasteiger partial charge in [-0.15, -0.1) is 0 Å². The van der Waals surface area contributed by atoms with Crippen LogP contribution in [0.4, 0.5) is 5.69 Å². The molecule has 1 N–H and O–H groups in total. The van der Waals surface area contributed by atoms with Crippen LogP contribution in [0.1, 0.15) is 19.3 Å². The summed E-state index contributed by atoms with van der Waals surface area (Å²) in [6, 6.07) is 7.31. The molecule has 0 aliphatic carbocycles. The van der Waals surface area contributed by atoms with Crippen LogP contribution in [0.3, 0.4) is 0 Å². The minimum Gasteiger partial charge on any atom is -0.342 e. The van der Waals surface area contributed by atoms with Gasteiger partial charge in [0.15, 0.2) is 0 Å². The van der Waals surface area contributed by atoms with Crippen molar-refractivity contribution in [2.45, 2.75) is 19.3 Å². The molecule has 0 bridgehead atoms. The Balaban J connectivity index is 1.86. The SMILES string of the molecule is O=C(CC(=O)N1CCCC1)Nc1cccc(Br)c1. The number of carbonyl (C=O) groups is 2. The summed E-state index contributed by atoms with van der Waals surface area (Å²) in [5.74, 6) is -0.343. The van der Waals surface area contributed by atoms with Crippen LogP contribution in [0, 0.1) is 0 Å². The van der Waals surface area contributed by atoms with Crippen molar-refractivity contribution in [1.82, 2.24) is 4.90 Å². The maximum absolute atomic E-state index is 11.8. The van der Waals surface area contributed by atoms with Gasteiger partial charge >= 0.3 is 0 Å². The van der Waals surface area contributed by atoms with E-state index < -0.39 is 0 Å². The van der Waals surface area contributed by atoms with E-state index in [-0.39, 0.29) is 18.2 Å². The maximum Gasteiger partial charge on any atom is 0.233 e. The molecule has 1 aromatic carbocycles. The predicted molar refractivity (Wildman–Crippen MR) is 73.2 cm³/mol. The van der Waals surface area contributed by atoms with Crippen LogP contribution in [0.25, 0.3) is 0 Å². The first-order valence-electron chi connectivity index (χ1n) is 5.98. The number of nitrogens with zero attached hydrogens (tertiary/aromatic N) is 1. The van der Waals surface area contributed by atoms with Gasteiger partial charge in [0.1, 0.15) is 6.42 Å². The molecule has 2 amide bonds. The number of anilines is 1. The number of nitrogens with one attached hydrogen (secondary N) is 1. The van der Waals surface area contributed by atoms with Gasteiger partial charge in [-0.3, -0.25) is 9.59 Å². The highest BCUT2D eigenvalue weighted by atomic mass is 79.9. The fourth-order valence-corrected chi connectivity index (χ4v) is 2.39. The van der Waals surface area contributed by atoms with Crippen LogP contribution in [0.2, 0.25) is 0 Å². The first-order chi connectivity index (χ1) is 8.65. The molecule has 0 atom stereocenters. The molecular formula is C13H15BrN2O2. The molecule has 1 aromatic rings. The van der Waals surface area contributed by atoms with E-state index in [1.165, 1.54) is 0 Å². The number of rotatable bonds is 3. The van der Waals surface area contributed by atoms with E-state index in [4.69, 9.17) is 0 Å². The molecule has 0 aromatic heterocycles. The Morgan fingerprint density at radius 2 is 2.00 bits per heavy atom. The van der Waals surface area contributed by atoms with E-state index in [1.807, 2.05) is 12.1 Å². The highest BCUT2D eigenvalue weighted by Crippen LogP contribution is 2.16. The molecule has 1 fully saturated rings. The lowest BCUT2D eigenvalue weighted by atomic mass is 10.3. The van der Waals surface area contributed by atoms with Gasteiger partial charge in [0.25, 0.3) is 0 Å². The Labute approximate surface area is 114 Å². The van der Waals surface area contributed by atoms with Gasteiger partial charge in [-0.05, 0) is 31.0 Å². The van der Waals surface area contributed by atoms with Crippen molar-refractivity contribution >= 4 is 33.4 Å². The number of benzene rings is 1. The lowest BCUT2D eigenvalue weighted by molar-refractivity contribution is -0.133. The summed E-state index contributed by atoms with van der Waals surface area (Å²) in [6.07, 6.45) is 2.00. The molecule has 0 radical (unpaired) electrons. The normalized spacial score (nSPS) is 14.6. The number of amides is 2. The Bertz CT molecular complexity index is 456. The lowest BCUT2D eigenvalue weighted by Crippen LogP contribution is -2.31. The molecular weight excluding hydrogens is 296 g/mol. The van der Waals surface area contributed by atoms with E-state index in [0.717, 1.165) is 30.4 Å². The zero-order chi connectivity index (χ0) is 13.0. The van der Waals surface area contributed by atoms with E-state index in [0.29, 0.717) is 5.69 Å². The average molecular weight is 311 g/mol. The largest absolute Gasteiger partial charge is 0.342 e. The minimum absolute atomic E-state index is 0.0769. The van der Waals surface area contributed by atoms with Crippen molar-refractivity contribution in [3.05, 3.63) is 28.7 Å². The maximum atomic E-state index is 11.8. The smallest absolute Gasteiger partial charge is 0.233 e. The van der Waals surface area contributed by atoms with Crippen LogP contribution in [0.5, 0.6) is 0 Å². The molecule has 1 heterocycles. The Hall–Kier alpha value is -1.36. The number of hydrogen-bond donors (Lipinski definition) is 1. The molecule has 1 aliphatic rings. The van der Waals surface area contributed by atoms with Gasteiger partial charge in [-0.25, -0.2) is 0 Å². The van der Waals surface area contributed by atoms with Crippen molar-refractivity contribution in [3.8, 4) is 0 Å². The molecule has 0 spiro atoms. The quantitative estimate of drug-likeness (QED) is 0.872. The third-order valence-corrected chi connectivity index (χ3v) is 3.37. The monoisotopic (exact) mass is 310 g/mol. The lowest BCUT2D eigenvalue weighted by Gasteiger charge is -2.14. The van der Waals surface area contributed by atoms with Crippen LogP contribution >= 0.6 is 15.9 Å². The van der Waals surface area contributed by atoms with Gasteiger partial charge in [0.2, 0.25) is 11.8 Å². The summed E-state index contributed by atoms with van der Waals surface area (Å²) in [5.41, 5.74) is 0.698. The topological polar surface area (TPSA) is 49.4 Å². The zero-order valence-corrected chi connectivity index (χ0v) is 11.6. The highest BCUT2D eigenvalue weighted by molar-refractivity contribution is 9.10. The summed E-state index contributed by atoms with van der Waals surface area (Å²) in [6.45, 7) is 1.56. The zero-order valence-electron chi connectivity index (χ0n) is 9.99. The highest BCUT2D eigenvalue weighted by Gasteiger charge is 2.20. The standard InChI is InChI=1S/C13H15BrN2O2/c14-10-4-3-5-11(8-10)15-12(17)9-13(18)16-6-1-2-7-16/h3-5,8H,1-2,6-7,9H2,(H,15,17). The molecule has 96 valence electrons. The number of carbonyl (C=O) groups excluding carboxylic acids is 2. The van der Waals surface area contributed by atoms with Gasteiger partial charge < -0.3 is 10.2 Å². The first-order valence-corrected chi connectivity index (χ1v) is 6.77. The van der Waals surface area contributed by atoms with E-state index in [9.17, 15) is 9.59 Å². The molecule has 5 heteroatoms. The first kappa shape index (κ1) is 13.1. The number of hydrogen-bond acceptors (Lipinski definition) is 2. The van der Waals surface area contributed by atoms with Crippen LogP contribution < -0.4 is 5.32 Å². The van der Waals surface area contributed by atoms with E-state index >= 15 is 0 Å². The van der Waals surface area contributed by atoms with Crippen LogP contribution in [-0.4, -0.2) is 29.8 Å². The summed E-state index contributed by atoms with van der Waals surface area (Å²) < 4.78 is 0.895. The average Bonchev–Trinajstić information content (AvgIpc) is 2.81. The molecule has 18 heavy (non-hydrogen) atoms. The minimum atomic E-state index is -0.259. The van der Waals surface area contributed by atoms with Crippen LogP contribution in [-0.2, 0) is 9.59 Å². The van der Waals surface area contributed by atoms with Gasteiger partial charge in [0.05, 0.1) is 0 Å². The molecule has 0 unspecified atom stereocenters. The van der Waals surface area contributed by atoms with Gasteiger partial charge in [0, 0.05) is 23.2 Å². The second-order valence-corrected chi connectivity index (χ2v) is 5.24. The fourth-order valence-electron chi connectivity index (χ4n) is 1.99. The summed E-state index contributed by atoms with van der Waals surface area (Å²) >= 11 is 3.33. The molecule has 2 rings (SSSR count). The Morgan fingerprint density at radius 3 is 2.67 bits per heavy atom. The van der Waals surface area contributed by atoms with Gasteiger partial charge in [-0.2, -0.15) is 0 Å². The number of likely N-dealkylation sites (tertiary alicyclic amines) is 1. The molecule has 4 nitrogen and oxygen atoms in total. The Kier molecular flexibility index (Phi) is 4.36. The predicted octanol–water partition coefficient (Wildman–Crippen LogP) is 2.40. The molecule has 1 saturated heterocycles. The van der Waals surface area contributed by atoms with E-state index in [1.54, 1.807) is 17.0 Å². The van der Waals surface area contributed by atoms with Crippen molar-refractivity contribution in [3.63, 3.8) is 0 Å². The summed E-state index contributed by atoms with van der Waals surface area (Å²) in [5, 5.41) is 2.72. The van der Waals surface area contributed by atoms with Crippen LogP contribution in [0.15, 0.2) is 28.7 Å². The second kappa shape index (κ2) is 6.00. The third kappa shape index (κ3) is 3.57. The molecule has 1 aliphatic heterocycles. The Morgan fingerprint density at radius 1 is 1.28 bits per heavy atom. The second-order valence-electron chi connectivity index (χ2n) is 4.32.